The molecule has 0 bridgehead atoms. The van der Waals surface area contributed by atoms with E-state index in [9.17, 15) is 18.0 Å². The first-order valence-electron chi connectivity index (χ1n) is 14.1. The number of carbonyl (C=O) groups is 2. The molecule has 1 saturated heterocycles. The molecule has 1 aromatic heterocycles. The third kappa shape index (κ3) is 5.77. The van der Waals surface area contributed by atoms with Gasteiger partial charge in [-0.3, -0.25) is 9.69 Å². The zero-order valence-corrected chi connectivity index (χ0v) is 23.7. The lowest BCUT2D eigenvalue weighted by Gasteiger charge is -2.34. The smallest absolute Gasteiger partial charge is 0.409 e. The highest BCUT2D eigenvalue weighted by molar-refractivity contribution is 7.91. The van der Waals surface area contributed by atoms with E-state index in [1.165, 1.54) is 16.8 Å². The molecule has 0 radical (unpaired) electrons. The van der Waals surface area contributed by atoms with Crippen LogP contribution in [0.5, 0.6) is 0 Å². The number of nitrogens with one attached hydrogen (secondary N) is 2. The normalized spacial score (nSPS) is 18.7. The molecule has 9 nitrogen and oxygen atoms in total. The molecule has 2 amide bonds. The molecule has 1 fully saturated rings. The van der Waals surface area contributed by atoms with Crippen LogP contribution in [0.1, 0.15) is 61.2 Å². The van der Waals surface area contributed by atoms with E-state index in [0.717, 1.165) is 63.9 Å². The maximum absolute atomic E-state index is 13.0. The minimum Gasteiger partial charge on any atom is -0.450 e. The van der Waals surface area contributed by atoms with Gasteiger partial charge in [0, 0.05) is 48.8 Å². The van der Waals surface area contributed by atoms with Gasteiger partial charge < -0.3 is 19.9 Å². The van der Waals surface area contributed by atoms with E-state index in [0.29, 0.717) is 36.5 Å². The highest BCUT2D eigenvalue weighted by atomic mass is 32.2. The third-order valence-electron chi connectivity index (χ3n) is 8.04. The lowest BCUT2D eigenvalue weighted by molar-refractivity contribution is -0.110. The topological polar surface area (TPSA) is 112 Å². The molecule has 0 saturated carbocycles. The third-order valence-corrected chi connectivity index (χ3v) is 9.78. The molecule has 2 N–H and O–H groups in total. The molecule has 1 aromatic carbocycles. The number of amides is 2. The quantitative estimate of drug-likeness (QED) is 0.479. The van der Waals surface area contributed by atoms with E-state index >= 15 is 0 Å². The van der Waals surface area contributed by atoms with Crippen molar-refractivity contribution in [1.29, 1.82) is 0 Å². The van der Waals surface area contributed by atoms with Gasteiger partial charge in [-0.25, -0.2) is 13.2 Å². The number of rotatable bonds is 8. The van der Waals surface area contributed by atoms with Crippen molar-refractivity contribution in [3.63, 3.8) is 0 Å². The fourth-order valence-corrected chi connectivity index (χ4v) is 6.75. The molecule has 2 aliphatic heterocycles. The summed E-state index contributed by atoms with van der Waals surface area (Å²) in [7, 11) is -3.39. The SMILES string of the molecule is CCOC(=O)N1CCN(CCCc2c(C=C3C(=O)Nc4ccc(S(=O)(=O)CC)cc43)[nH]c3c2CCCC3)CC1. The second-order valence-electron chi connectivity index (χ2n) is 10.4. The van der Waals surface area contributed by atoms with Gasteiger partial charge in [-0.1, -0.05) is 6.92 Å². The maximum Gasteiger partial charge on any atom is 0.409 e. The van der Waals surface area contributed by atoms with Crippen LogP contribution in [0.2, 0.25) is 0 Å². The Balaban J connectivity index is 1.34. The Kier molecular flexibility index (Phi) is 8.13. The van der Waals surface area contributed by atoms with Crippen LogP contribution >= 0.6 is 0 Å². The number of benzene rings is 1. The number of aromatic amines is 1. The lowest BCUT2D eigenvalue weighted by Crippen LogP contribution is -2.49. The first-order chi connectivity index (χ1) is 18.8. The molecule has 0 unspecified atom stereocenters. The van der Waals surface area contributed by atoms with Crippen molar-refractivity contribution >= 4 is 39.2 Å². The van der Waals surface area contributed by atoms with E-state index < -0.39 is 9.84 Å². The van der Waals surface area contributed by atoms with E-state index in [1.807, 2.05) is 13.0 Å². The molecule has 0 spiro atoms. The van der Waals surface area contributed by atoms with Gasteiger partial charge >= 0.3 is 6.09 Å². The van der Waals surface area contributed by atoms with Gasteiger partial charge in [0.1, 0.15) is 0 Å². The largest absolute Gasteiger partial charge is 0.450 e. The van der Waals surface area contributed by atoms with Crippen LogP contribution in [-0.2, 0) is 38.6 Å². The number of nitrogens with zero attached hydrogens (tertiary/aromatic N) is 2. The first kappa shape index (κ1) is 27.5. The Hall–Kier alpha value is -3.11. The minimum atomic E-state index is -3.39. The number of hydrogen-bond acceptors (Lipinski definition) is 6. The molecule has 10 heteroatoms. The predicted octanol–water partition coefficient (Wildman–Crippen LogP) is 3.89. The number of anilines is 1. The van der Waals surface area contributed by atoms with Gasteiger partial charge in [0.05, 0.1) is 22.8 Å². The lowest BCUT2D eigenvalue weighted by atomic mass is 9.92. The van der Waals surface area contributed by atoms with Crippen molar-refractivity contribution in [3.05, 3.63) is 46.3 Å². The molecule has 5 rings (SSSR count). The number of carbonyl (C=O) groups excluding carboxylic acids is 2. The van der Waals surface area contributed by atoms with Gasteiger partial charge in [-0.15, -0.1) is 0 Å². The maximum atomic E-state index is 13.0. The summed E-state index contributed by atoms with van der Waals surface area (Å²) < 4.78 is 30.1. The molecule has 3 aliphatic rings. The number of sulfone groups is 1. The standard InChI is InChI=1S/C29H38N4O5S/c1-3-38-29(35)33-16-14-32(15-17-33)13-7-9-22-21-8-5-6-10-25(21)30-27(22)19-24-23-18-20(39(36,37)4-2)11-12-26(23)31-28(24)34/h11-12,18-19,30H,3-10,13-17H2,1-2H3,(H,31,34). The van der Waals surface area contributed by atoms with Gasteiger partial charge in [0.25, 0.3) is 5.91 Å². The second-order valence-corrected chi connectivity index (χ2v) is 12.7. The first-order valence-corrected chi connectivity index (χ1v) is 15.7. The van der Waals surface area contributed by atoms with Crippen molar-refractivity contribution in [2.45, 2.75) is 57.3 Å². The fraction of sp³-hybridized carbons (Fsp3) is 0.517. The van der Waals surface area contributed by atoms with Gasteiger partial charge in [0.2, 0.25) is 0 Å². The van der Waals surface area contributed by atoms with Crippen LogP contribution in [0.3, 0.4) is 0 Å². The van der Waals surface area contributed by atoms with Gasteiger partial charge in [-0.2, -0.15) is 0 Å². The number of hydrogen-bond donors (Lipinski definition) is 2. The van der Waals surface area contributed by atoms with Crippen molar-refractivity contribution < 1.29 is 22.7 Å². The molecule has 39 heavy (non-hydrogen) atoms. The summed E-state index contributed by atoms with van der Waals surface area (Å²) in [5, 5.41) is 2.89. The summed E-state index contributed by atoms with van der Waals surface area (Å²) in [6.45, 7) is 7.81. The summed E-state index contributed by atoms with van der Waals surface area (Å²) in [5.74, 6) is -0.202. The molecule has 210 valence electrons. The molecule has 2 aromatic rings. The molecule has 3 heterocycles. The van der Waals surface area contributed by atoms with Crippen LogP contribution in [0.15, 0.2) is 23.1 Å². The van der Waals surface area contributed by atoms with Crippen molar-refractivity contribution in [2.75, 3.05) is 50.4 Å². The van der Waals surface area contributed by atoms with Crippen LogP contribution in [0.4, 0.5) is 10.5 Å². The van der Waals surface area contributed by atoms with Crippen LogP contribution in [0.25, 0.3) is 11.6 Å². The van der Waals surface area contributed by atoms with Crippen LogP contribution < -0.4 is 5.32 Å². The van der Waals surface area contributed by atoms with E-state index in [2.05, 4.69) is 15.2 Å². The molecular weight excluding hydrogens is 516 g/mol. The van der Waals surface area contributed by atoms with Crippen molar-refractivity contribution in [1.82, 2.24) is 14.8 Å². The van der Waals surface area contributed by atoms with Crippen LogP contribution in [-0.4, -0.2) is 80.3 Å². The Bertz CT molecular complexity index is 1390. The summed E-state index contributed by atoms with van der Waals surface area (Å²) in [5.41, 5.74) is 6.62. The number of piperazine rings is 1. The average molecular weight is 555 g/mol. The zero-order valence-electron chi connectivity index (χ0n) is 22.8. The summed E-state index contributed by atoms with van der Waals surface area (Å²) in [6, 6.07) is 4.86. The predicted molar refractivity (Wildman–Crippen MR) is 151 cm³/mol. The highest BCUT2D eigenvalue weighted by Gasteiger charge is 2.28. The fourth-order valence-electron chi connectivity index (χ4n) is 5.85. The molecule has 0 atom stereocenters. The monoisotopic (exact) mass is 554 g/mol. The number of ether oxygens (including phenoxy) is 1. The summed E-state index contributed by atoms with van der Waals surface area (Å²) in [6.07, 6.45) is 7.89. The van der Waals surface area contributed by atoms with Gasteiger partial charge in [-0.05, 0) is 87.4 Å². The number of fused-ring (bicyclic) bond motifs is 2. The number of aromatic nitrogens is 1. The Morgan fingerprint density at radius 3 is 2.62 bits per heavy atom. The summed E-state index contributed by atoms with van der Waals surface area (Å²) >= 11 is 0. The van der Waals surface area contributed by atoms with E-state index in [4.69, 9.17) is 4.74 Å². The molecule has 1 aliphatic carbocycles. The number of aryl methyl sites for hydroxylation is 1. The summed E-state index contributed by atoms with van der Waals surface area (Å²) in [4.78, 5) is 33.0. The average Bonchev–Trinajstić information content (AvgIpc) is 3.45. The zero-order chi connectivity index (χ0) is 27.6. The second kappa shape index (κ2) is 11.6. The number of H-pyrrole nitrogens is 1. The van der Waals surface area contributed by atoms with E-state index in [1.54, 1.807) is 30.0 Å². The van der Waals surface area contributed by atoms with Gasteiger partial charge in [0.15, 0.2) is 9.84 Å². The minimum absolute atomic E-state index is 0.0115. The molecular formula is C29H38N4O5S. The van der Waals surface area contributed by atoms with Crippen molar-refractivity contribution in [3.8, 4) is 0 Å². The highest BCUT2D eigenvalue weighted by Crippen LogP contribution is 2.37. The van der Waals surface area contributed by atoms with E-state index in [-0.39, 0.29) is 22.6 Å². The Labute approximate surface area is 230 Å². The van der Waals surface area contributed by atoms with Crippen LogP contribution in [0, 0.1) is 0 Å². The van der Waals surface area contributed by atoms with Crippen molar-refractivity contribution in [2.24, 2.45) is 0 Å². The Morgan fingerprint density at radius 1 is 1.10 bits per heavy atom. The Morgan fingerprint density at radius 2 is 1.87 bits per heavy atom.